The van der Waals surface area contributed by atoms with Crippen LogP contribution < -0.4 is 9.47 Å². The molecule has 0 amide bonds. The van der Waals surface area contributed by atoms with Crippen molar-refractivity contribution >= 4 is 5.97 Å². The first-order chi connectivity index (χ1) is 11.1. The van der Waals surface area contributed by atoms with Gasteiger partial charge in [0.25, 0.3) is 0 Å². The van der Waals surface area contributed by atoms with E-state index < -0.39 is 23.4 Å². The predicted molar refractivity (Wildman–Crippen MR) is 80.2 cm³/mol. The normalized spacial score (nSPS) is 17.2. The second-order valence-electron chi connectivity index (χ2n) is 5.28. The molecule has 0 N–H and O–H groups in total. The first-order valence-corrected chi connectivity index (χ1v) is 7.72. The van der Waals surface area contributed by atoms with Gasteiger partial charge in [0.05, 0.1) is 13.2 Å². The highest BCUT2D eigenvalue weighted by molar-refractivity contribution is 5.88. The van der Waals surface area contributed by atoms with Crippen molar-refractivity contribution < 1.29 is 27.8 Å². The largest absolute Gasteiger partial charge is 0.491 e. The van der Waals surface area contributed by atoms with Crippen molar-refractivity contribution in [2.45, 2.75) is 33.1 Å². The molecule has 23 heavy (non-hydrogen) atoms. The smallest absolute Gasteiger partial charge is 0.378 e. The molecule has 1 aromatic carbocycles. The number of carbonyl (C=O) groups excluding carboxylic acids is 1. The summed E-state index contributed by atoms with van der Waals surface area (Å²) in [6.07, 6.45) is 4.39. The molecule has 1 aliphatic rings. The molecule has 0 radical (unpaired) electrons. The number of hydrogen-bond acceptors (Lipinski definition) is 4. The molecular weight excluding hydrogens is 306 g/mol. The lowest BCUT2D eigenvalue weighted by Crippen LogP contribution is -2.21. The fraction of sp³-hybridized carbons (Fsp3) is 0.471. The minimum Gasteiger partial charge on any atom is -0.491 e. The molecule has 0 bridgehead atoms. The average Bonchev–Trinajstić information content (AvgIpc) is 2.55. The van der Waals surface area contributed by atoms with Crippen molar-refractivity contribution in [3.63, 3.8) is 0 Å². The Morgan fingerprint density at radius 3 is 2.57 bits per heavy atom. The number of rotatable bonds is 6. The Morgan fingerprint density at radius 2 is 1.96 bits per heavy atom. The number of ether oxygens (including phenoxy) is 3. The fourth-order valence-electron chi connectivity index (χ4n) is 2.37. The molecule has 4 nitrogen and oxygen atoms in total. The number of esters is 1. The van der Waals surface area contributed by atoms with Gasteiger partial charge in [-0.3, -0.25) is 0 Å². The predicted octanol–water partition coefficient (Wildman–Crippen LogP) is 3.99. The molecule has 1 unspecified atom stereocenters. The monoisotopic (exact) mass is 326 g/mol. The van der Waals surface area contributed by atoms with Crippen LogP contribution in [0.1, 0.15) is 33.1 Å². The Kier molecular flexibility index (Phi) is 5.96. The lowest BCUT2D eigenvalue weighted by molar-refractivity contribution is -0.135. The van der Waals surface area contributed by atoms with Gasteiger partial charge in [0.15, 0.2) is 11.5 Å². The van der Waals surface area contributed by atoms with E-state index in [1.807, 2.05) is 0 Å². The summed E-state index contributed by atoms with van der Waals surface area (Å²) in [7, 11) is 0. The minimum atomic E-state index is -1.26. The van der Waals surface area contributed by atoms with E-state index in [2.05, 4.69) is 6.92 Å². The highest BCUT2D eigenvalue weighted by Gasteiger charge is 2.24. The zero-order valence-corrected chi connectivity index (χ0v) is 13.2. The van der Waals surface area contributed by atoms with Crippen LogP contribution >= 0.6 is 0 Å². The van der Waals surface area contributed by atoms with Gasteiger partial charge in [-0.05, 0) is 43.9 Å². The van der Waals surface area contributed by atoms with Crippen LogP contribution in [-0.4, -0.2) is 19.2 Å². The molecular formula is C17H20F2O4. The van der Waals surface area contributed by atoms with Crippen LogP contribution in [0.3, 0.4) is 0 Å². The zero-order valence-electron chi connectivity index (χ0n) is 13.2. The summed E-state index contributed by atoms with van der Waals surface area (Å²) in [5.41, 5.74) is 0. The van der Waals surface area contributed by atoms with E-state index in [1.165, 1.54) is 6.07 Å². The van der Waals surface area contributed by atoms with Crippen LogP contribution in [0.25, 0.3) is 0 Å². The number of carbonyl (C=O) groups is 1. The Hall–Kier alpha value is -2.11. The third-order valence-corrected chi connectivity index (χ3v) is 3.52. The maximum Gasteiger partial charge on any atom is 0.378 e. The fourth-order valence-corrected chi connectivity index (χ4v) is 2.37. The van der Waals surface area contributed by atoms with E-state index in [0.717, 1.165) is 18.9 Å². The maximum absolute atomic E-state index is 13.9. The first-order valence-electron chi connectivity index (χ1n) is 7.72. The summed E-state index contributed by atoms with van der Waals surface area (Å²) in [5.74, 6) is -3.58. The molecule has 0 fully saturated rings. The summed E-state index contributed by atoms with van der Waals surface area (Å²) in [5, 5.41) is 0. The van der Waals surface area contributed by atoms with E-state index in [-0.39, 0.29) is 18.1 Å². The topological polar surface area (TPSA) is 44.8 Å². The molecule has 2 rings (SSSR count). The van der Waals surface area contributed by atoms with Crippen molar-refractivity contribution in [1.82, 2.24) is 0 Å². The van der Waals surface area contributed by atoms with Gasteiger partial charge < -0.3 is 14.2 Å². The van der Waals surface area contributed by atoms with Crippen LogP contribution in [0.5, 0.6) is 11.5 Å². The Bertz CT molecular complexity index is 599. The van der Waals surface area contributed by atoms with Crippen molar-refractivity contribution in [2.75, 3.05) is 13.2 Å². The number of hydrogen-bond donors (Lipinski definition) is 0. The van der Waals surface area contributed by atoms with Gasteiger partial charge in [-0.1, -0.05) is 13.3 Å². The summed E-state index contributed by atoms with van der Waals surface area (Å²) in [6.45, 7) is 4.37. The number of allylic oxidation sites excluding steroid dienone is 1. The minimum absolute atomic E-state index is 0.0334. The molecule has 0 aliphatic carbocycles. The Labute approximate surface area is 134 Å². The summed E-state index contributed by atoms with van der Waals surface area (Å²) in [6, 6.07) is 2.38. The molecule has 6 heteroatoms. The summed E-state index contributed by atoms with van der Waals surface area (Å²) >= 11 is 0. The lowest BCUT2D eigenvalue weighted by atomic mass is 9.99. The van der Waals surface area contributed by atoms with E-state index in [1.54, 1.807) is 13.0 Å². The molecule has 1 aliphatic heterocycles. The van der Waals surface area contributed by atoms with Crippen LogP contribution in [0, 0.1) is 17.6 Å². The molecule has 1 atom stereocenters. The van der Waals surface area contributed by atoms with E-state index in [0.29, 0.717) is 18.9 Å². The van der Waals surface area contributed by atoms with Crippen LogP contribution in [0.4, 0.5) is 8.78 Å². The van der Waals surface area contributed by atoms with Crippen molar-refractivity contribution in [3.05, 3.63) is 35.6 Å². The maximum atomic E-state index is 13.9. The van der Waals surface area contributed by atoms with Crippen molar-refractivity contribution in [1.29, 1.82) is 0 Å². The molecule has 0 saturated heterocycles. The van der Waals surface area contributed by atoms with E-state index in [4.69, 9.17) is 14.2 Å². The SMILES string of the molecule is CCCC1CC=C(C(=O)Oc2ccc(OCC)c(F)c2F)OC1. The number of benzene rings is 1. The highest BCUT2D eigenvalue weighted by Crippen LogP contribution is 2.29. The average molecular weight is 326 g/mol. The third kappa shape index (κ3) is 4.21. The molecule has 1 heterocycles. The second kappa shape index (κ2) is 7.94. The zero-order chi connectivity index (χ0) is 16.8. The standard InChI is InChI=1S/C17H20F2O4/c1-3-5-11-6-7-14(22-10-11)17(20)23-13-9-8-12(21-4-2)15(18)16(13)19/h7-9,11H,3-6,10H2,1-2H3. The lowest BCUT2D eigenvalue weighted by Gasteiger charge is -2.21. The molecule has 126 valence electrons. The van der Waals surface area contributed by atoms with E-state index in [9.17, 15) is 13.6 Å². The van der Waals surface area contributed by atoms with Gasteiger partial charge >= 0.3 is 5.97 Å². The van der Waals surface area contributed by atoms with Crippen LogP contribution in [0.2, 0.25) is 0 Å². The highest BCUT2D eigenvalue weighted by atomic mass is 19.2. The third-order valence-electron chi connectivity index (χ3n) is 3.52. The Morgan fingerprint density at radius 1 is 1.26 bits per heavy atom. The van der Waals surface area contributed by atoms with Crippen LogP contribution in [0.15, 0.2) is 24.0 Å². The van der Waals surface area contributed by atoms with Crippen molar-refractivity contribution in [2.24, 2.45) is 5.92 Å². The molecule has 1 aromatic rings. The summed E-state index contributed by atoms with van der Waals surface area (Å²) in [4.78, 5) is 12.0. The van der Waals surface area contributed by atoms with Gasteiger partial charge in [-0.15, -0.1) is 0 Å². The van der Waals surface area contributed by atoms with Crippen LogP contribution in [-0.2, 0) is 9.53 Å². The summed E-state index contributed by atoms with van der Waals surface area (Å²) < 4.78 is 42.8. The van der Waals surface area contributed by atoms with Gasteiger partial charge in [0.2, 0.25) is 17.4 Å². The quantitative estimate of drug-likeness (QED) is 0.586. The van der Waals surface area contributed by atoms with Crippen molar-refractivity contribution in [3.8, 4) is 11.5 Å². The van der Waals surface area contributed by atoms with Gasteiger partial charge in [0.1, 0.15) is 0 Å². The van der Waals surface area contributed by atoms with Gasteiger partial charge in [-0.25, -0.2) is 4.79 Å². The molecule has 0 saturated carbocycles. The Balaban J connectivity index is 2.05. The number of halogens is 2. The molecule has 0 spiro atoms. The van der Waals surface area contributed by atoms with Gasteiger partial charge in [0, 0.05) is 0 Å². The second-order valence-corrected chi connectivity index (χ2v) is 5.28. The molecule has 0 aromatic heterocycles. The first kappa shape index (κ1) is 17.2. The van der Waals surface area contributed by atoms with Gasteiger partial charge in [-0.2, -0.15) is 8.78 Å². The van der Waals surface area contributed by atoms with E-state index >= 15 is 0 Å².